The SMILES string of the molecule is O=C(NC1CCCCC1)[C@@H](Cc1ccccc1)N(Cc1cccc(Cl)c1)C(=O)CN(c1ccc(Cl)c(C(F)(F)F)c1)S(=O)(=O)c1ccccc1. The smallest absolute Gasteiger partial charge is 0.352 e. The zero-order valence-electron chi connectivity index (χ0n) is 27.0. The van der Waals surface area contributed by atoms with E-state index in [0.717, 1.165) is 49.8 Å². The van der Waals surface area contributed by atoms with E-state index >= 15 is 0 Å². The second-order valence-electron chi connectivity index (χ2n) is 12.2. The van der Waals surface area contributed by atoms with Crippen LogP contribution in [0.2, 0.25) is 10.0 Å². The van der Waals surface area contributed by atoms with E-state index in [-0.39, 0.29) is 23.9 Å². The van der Waals surface area contributed by atoms with Crippen molar-refractivity contribution >= 4 is 50.7 Å². The van der Waals surface area contributed by atoms with Crippen LogP contribution in [0.1, 0.15) is 48.8 Å². The van der Waals surface area contributed by atoms with Crippen molar-refractivity contribution in [3.63, 3.8) is 0 Å². The molecular weight excluding hydrogens is 710 g/mol. The maximum absolute atomic E-state index is 14.6. The Labute approximate surface area is 300 Å². The number of rotatable bonds is 12. The van der Waals surface area contributed by atoms with E-state index < -0.39 is 56.9 Å². The van der Waals surface area contributed by atoms with Gasteiger partial charge in [-0.2, -0.15) is 13.2 Å². The second-order valence-corrected chi connectivity index (χ2v) is 14.9. The van der Waals surface area contributed by atoms with Crippen molar-refractivity contribution in [2.45, 2.75) is 68.2 Å². The van der Waals surface area contributed by atoms with Crippen LogP contribution in [-0.4, -0.2) is 43.8 Å². The molecule has 1 aliphatic carbocycles. The van der Waals surface area contributed by atoms with Crippen LogP contribution in [0.25, 0.3) is 0 Å². The number of nitrogens with zero attached hydrogens (tertiary/aromatic N) is 2. The van der Waals surface area contributed by atoms with Gasteiger partial charge < -0.3 is 10.2 Å². The average molecular weight is 747 g/mol. The molecule has 0 aliphatic heterocycles. The molecule has 0 radical (unpaired) electrons. The van der Waals surface area contributed by atoms with E-state index in [9.17, 15) is 31.2 Å². The lowest BCUT2D eigenvalue weighted by molar-refractivity contribution is -0.140. The van der Waals surface area contributed by atoms with Crippen molar-refractivity contribution < 1.29 is 31.2 Å². The molecule has 0 bridgehead atoms. The minimum Gasteiger partial charge on any atom is -0.352 e. The predicted molar refractivity (Wildman–Crippen MR) is 188 cm³/mol. The molecule has 50 heavy (non-hydrogen) atoms. The highest BCUT2D eigenvalue weighted by molar-refractivity contribution is 7.92. The van der Waals surface area contributed by atoms with Crippen LogP contribution < -0.4 is 9.62 Å². The summed E-state index contributed by atoms with van der Waals surface area (Å²) in [6.45, 7) is -1.05. The zero-order valence-corrected chi connectivity index (χ0v) is 29.3. The van der Waals surface area contributed by atoms with Crippen LogP contribution >= 0.6 is 23.2 Å². The average Bonchev–Trinajstić information content (AvgIpc) is 3.09. The molecule has 1 aliphatic rings. The van der Waals surface area contributed by atoms with Crippen LogP contribution in [0, 0.1) is 0 Å². The van der Waals surface area contributed by atoms with Gasteiger partial charge in [0.1, 0.15) is 12.6 Å². The summed E-state index contributed by atoms with van der Waals surface area (Å²) in [6, 6.07) is 24.3. The largest absolute Gasteiger partial charge is 0.417 e. The Morgan fingerprint density at radius 1 is 0.820 bits per heavy atom. The summed E-state index contributed by atoms with van der Waals surface area (Å²) in [7, 11) is -4.61. The van der Waals surface area contributed by atoms with Gasteiger partial charge in [-0.1, -0.05) is 103 Å². The summed E-state index contributed by atoms with van der Waals surface area (Å²) in [5.74, 6) is -1.23. The number of carbonyl (C=O) groups excluding carboxylic acids is 2. The van der Waals surface area contributed by atoms with Crippen molar-refractivity contribution in [2.24, 2.45) is 0 Å². The molecule has 0 heterocycles. The Bertz CT molecular complexity index is 1890. The maximum Gasteiger partial charge on any atom is 0.417 e. The monoisotopic (exact) mass is 745 g/mol. The number of alkyl halides is 3. The van der Waals surface area contributed by atoms with E-state index in [1.165, 1.54) is 29.2 Å². The number of benzene rings is 4. The van der Waals surface area contributed by atoms with Gasteiger partial charge in [-0.05, 0) is 66.4 Å². The van der Waals surface area contributed by atoms with Gasteiger partial charge in [0.15, 0.2) is 0 Å². The molecule has 0 aromatic heterocycles. The molecule has 1 N–H and O–H groups in total. The first kappa shape index (κ1) is 37.2. The highest BCUT2D eigenvalue weighted by Gasteiger charge is 2.38. The summed E-state index contributed by atoms with van der Waals surface area (Å²) < 4.78 is 70.9. The molecule has 13 heteroatoms. The molecule has 2 amide bonds. The Balaban J connectivity index is 1.60. The highest BCUT2D eigenvalue weighted by Crippen LogP contribution is 2.38. The van der Waals surface area contributed by atoms with Crippen LogP contribution in [0.5, 0.6) is 0 Å². The molecule has 0 spiro atoms. The van der Waals surface area contributed by atoms with Crippen LogP contribution in [-0.2, 0) is 38.8 Å². The highest BCUT2D eigenvalue weighted by atomic mass is 35.5. The summed E-state index contributed by atoms with van der Waals surface area (Å²) in [4.78, 5) is 29.9. The molecule has 0 saturated heterocycles. The third-order valence-electron chi connectivity index (χ3n) is 8.62. The van der Waals surface area contributed by atoms with Gasteiger partial charge in [-0.25, -0.2) is 8.42 Å². The van der Waals surface area contributed by atoms with E-state index in [2.05, 4.69) is 5.32 Å². The first-order valence-electron chi connectivity index (χ1n) is 16.2. The van der Waals surface area contributed by atoms with Gasteiger partial charge in [-0.3, -0.25) is 13.9 Å². The molecule has 264 valence electrons. The summed E-state index contributed by atoms with van der Waals surface area (Å²) >= 11 is 12.2. The van der Waals surface area contributed by atoms with Crippen LogP contribution in [0.3, 0.4) is 0 Å². The number of amides is 2. The lowest BCUT2D eigenvalue weighted by atomic mass is 9.94. The topological polar surface area (TPSA) is 86.8 Å². The van der Waals surface area contributed by atoms with Gasteiger partial charge in [0.05, 0.1) is 21.2 Å². The number of hydrogen-bond donors (Lipinski definition) is 1. The van der Waals surface area contributed by atoms with E-state index in [4.69, 9.17) is 23.2 Å². The van der Waals surface area contributed by atoms with Crippen molar-refractivity contribution in [1.29, 1.82) is 0 Å². The minimum atomic E-state index is -4.91. The van der Waals surface area contributed by atoms with Crippen LogP contribution in [0.4, 0.5) is 18.9 Å². The standard InChI is InChI=1S/C37H36Cl2F3N3O4S/c38-28-14-10-13-27(21-28)24-44(34(22-26-11-4-1-5-12-26)36(47)43-29-15-6-2-7-16-29)35(46)25-45(50(48,49)31-17-8-3-9-18-31)30-19-20-33(39)32(23-30)37(40,41)42/h1,3-5,8-14,17-21,23,29,34H,2,6-7,15-16,22,24-25H2,(H,43,47)/t34-/m1/s1. The van der Waals surface area contributed by atoms with Gasteiger partial charge in [0.2, 0.25) is 11.8 Å². The molecule has 4 aromatic rings. The number of sulfonamides is 1. The minimum absolute atomic E-state index is 0.0936. The van der Waals surface area contributed by atoms with Crippen molar-refractivity contribution in [1.82, 2.24) is 10.2 Å². The van der Waals surface area contributed by atoms with Crippen LogP contribution in [0.15, 0.2) is 108 Å². The van der Waals surface area contributed by atoms with Gasteiger partial charge in [0.25, 0.3) is 10.0 Å². The van der Waals surface area contributed by atoms with Gasteiger partial charge in [-0.15, -0.1) is 0 Å². The van der Waals surface area contributed by atoms with Crippen molar-refractivity contribution in [2.75, 3.05) is 10.8 Å². The van der Waals surface area contributed by atoms with E-state index in [1.807, 2.05) is 30.3 Å². The molecule has 1 fully saturated rings. The second kappa shape index (κ2) is 16.3. The quantitative estimate of drug-likeness (QED) is 0.158. The number of nitrogens with one attached hydrogen (secondary N) is 1. The lowest BCUT2D eigenvalue weighted by Crippen LogP contribution is -2.55. The first-order chi connectivity index (χ1) is 23.8. The maximum atomic E-state index is 14.6. The summed E-state index contributed by atoms with van der Waals surface area (Å²) in [5.41, 5.74) is -0.367. The van der Waals surface area contributed by atoms with Crippen molar-refractivity contribution in [3.8, 4) is 0 Å². The molecule has 1 saturated carbocycles. The van der Waals surface area contributed by atoms with Crippen molar-refractivity contribution in [3.05, 3.63) is 130 Å². The fourth-order valence-electron chi connectivity index (χ4n) is 6.06. The molecule has 5 rings (SSSR count). The number of anilines is 1. The Hall–Kier alpha value is -4.06. The molecule has 1 atom stereocenters. The van der Waals surface area contributed by atoms with E-state index in [1.54, 1.807) is 30.3 Å². The molecule has 7 nitrogen and oxygen atoms in total. The Morgan fingerprint density at radius 3 is 2.10 bits per heavy atom. The fraction of sp³-hybridized carbons (Fsp3) is 0.297. The van der Waals surface area contributed by atoms with Gasteiger partial charge in [0, 0.05) is 24.0 Å². The molecule has 4 aromatic carbocycles. The number of halogens is 5. The normalized spacial score (nSPS) is 14.5. The zero-order chi connectivity index (χ0) is 35.9. The summed E-state index contributed by atoms with van der Waals surface area (Å²) in [6.07, 6.45) is -0.280. The first-order valence-corrected chi connectivity index (χ1v) is 18.4. The molecule has 0 unspecified atom stereocenters. The van der Waals surface area contributed by atoms with E-state index in [0.29, 0.717) is 21.0 Å². The molecular formula is C37H36Cl2F3N3O4S. The third kappa shape index (κ3) is 9.38. The summed E-state index contributed by atoms with van der Waals surface area (Å²) in [5, 5.41) is 2.87. The third-order valence-corrected chi connectivity index (χ3v) is 11.0. The van der Waals surface area contributed by atoms with Gasteiger partial charge >= 0.3 is 6.18 Å². The predicted octanol–water partition coefficient (Wildman–Crippen LogP) is 8.30. The fourth-order valence-corrected chi connectivity index (χ4v) is 7.93. The Morgan fingerprint density at radius 2 is 1.46 bits per heavy atom. The number of carbonyl (C=O) groups is 2. The lowest BCUT2D eigenvalue weighted by Gasteiger charge is -2.35. The Kier molecular flexibility index (Phi) is 12.1. The number of hydrogen-bond acceptors (Lipinski definition) is 4.